The Hall–Kier alpha value is -3.59. The molecule has 8 nitrogen and oxygen atoms in total. The number of rotatable bonds is 11. The molecule has 0 saturated carbocycles. The summed E-state index contributed by atoms with van der Waals surface area (Å²) < 4.78 is 29.1. The van der Waals surface area contributed by atoms with Gasteiger partial charge in [-0.3, -0.25) is 10.1 Å². The average Bonchev–Trinajstić information content (AvgIpc) is 3.47. The normalized spacial score (nSPS) is 14.7. The van der Waals surface area contributed by atoms with Crippen molar-refractivity contribution < 1.29 is 33.3 Å². The fourth-order valence-corrected chi connectivity index (χ4v) is 4.45. The smallest absolute Gasteiger partial charge is 0.345 e. The summed E-state index contributed by atoms with van der Waals surface area (Å²) in [6.07, 6.45) is 2.39. The van der Waals surface area contributed by atoms with Crippen molar-refractivity contribution in [1.29, 1.82) is 0 Å². The summed E-state index contributed by atoms with van der Waals surface area (Å²) >= 11 is 6.78. The molecule has 1 aliphatic rings. The van der Waals surface area contributed by atoms with Gasteiger partial charge in [0, 0.05) is 5.56 Å². The summed E-state index contributed by atoms with van der Waals surface area (Å²) in [5, 5.41) is 3.76. The van der Waals surface area contributed by atoms with Gasteiger partial charge in [0.25, 0.3) is 0 Å². The van der Waals surface area contributed by atoms with Crippen LogP contribution in [0, 0.1) is 6.92 Å². The van der Waals surface area contributed by atoms with Gasteiger partial charge in [0.15, 0.2) is 17.8 Å². The maximum atomic E-state index is 12.8. The van der Waals surface area contributed by atoms with E-state index in [9.17, 15) is 9.59 Å². The molecule has 200 valence electrons. The highest BCUT2D eigenvalue weighted by Gasteiger charge is 2.27. The van der Waals surface area contributed by atoms with Crippen LogP contribution in [0.1, 0.15) is 50.2 Å². The predicted octanol–water partition coefficient (Wildman–Crippen LogP) is 5.85. The Morgan fingerprint density at radius 3 is 2.53 bits per heavy atom. The molecule has 0 amide bonds. The number of carbonyl (C=O) groups excluding carboxylic acids is 2. The Bertz CT molecular complexity index is 1290. The molecular weight excluding hydrogens is 510 g/mol. The van der Waals surface area contributed by atoms with Crippen molar-refractivity contribution in [2.45, 2.75) is 39.2 Å². The second kappa shape index (κ2) is 12.8. The van der Waals surface area contributed by atoms with Crippen molar-refractivity contribution in [3.63, 3.8) is 0 Å². The second-order valence-electron chi connectivity index (χ2n) is 8.76. The summed E-state index contributed by atoms with van der Waals surface area (Å²) in [6, 6.07) is 14.5. The van der Waals surface area contributed by atoms with Crippen molar-refractivity contribution in [1.82, 2.24) is 5.32 Å². The highest BCUT2D eigenvalue weighted by Crippen LogP contribution is 2.44. The number of ether oxygens (including phenoxy) is 5. The molecule has 1 fully saturated rings. The first-order valence-corrected chi connectivity index (χ1v) is 12.6. The molecule has 1 aliphatic heterocycles. The Labute approximate surface area is 226 Å². The van der Waals surface area contributed by atoms with Crippen LogP contribution in [0.4, 0.5) is 0 Å². The molecule has 0 spiro atoms. The van der Waals surface area contributed by atoms with Gasteiger partial charge in [-0.05, 0) is 55.6 Å². The van der Waals surface area contributed by atoms with E-state index in [0.717, 1.165) is 30.5 Å². The van der Waals surface area contributed by atoms with E-state index in [2.05, 4.69) is 5.32 Å². The van der Waals surface area contributed by atoms with Crippen molar-refractivity contribution >= 4 is 23.9 Å². The number of benzene rings is 3. The predicted molar refractivity (Wildman–Crippen MR) is 143 cm³/mol. The molecule has 1 saturated heterocycles. The Balaban J connectivity index is 1.80. The summed E-state index contributed by atoms with van der Waals surface area (Å²) in [5.74, 6) is 0.147. The maximum Gasteiger partial charge on any atom is 0.345 e. The lowest BCUT2D eigenvalue weighted by atomic mass is 10.1. The molecule has 1 N–H and O–H groups in total. The van der Waals surface area contributed by atoms with Crippen LogP contribution in [0.25, 0.3) is 0 Å². The number of hydrogen-bond acceptors (Lipinski definition) is 8. The molecule has 0 radical (unpaired) electrons. The molecule has 9 heteroatoms. The van der Waals surface area contributed by atoms with Gasteiger partial charge in [-0.2, -0.15) is 0 Å². The lowest BCUT2D eigenvalue weighted by molar-refractivity contribution is 0.0302. The quantitative estimate of drug-likeness (QED) is 0.239. The molecule has 1 unspecified atom stereocenters. The van der Waals surface area contributed by atoms with Gasteiger partial charge in [0.05, 0.1) is 31.4 Å². The molecule has 0 aliphatic carbocycles. The van der Waals surface area contributed by atoms with Crippen molar-refractivity contribution in [3.8, 4) is 23.0 Å². The molecule has 3 aromatic rings. The maximum absolute atomic E-state index is 12.8. The number of esters is 1. The zero-order chi connectivity index (χ0) is 27.1. The molecule has 4 rings (SSSR count). The summed E-state index contributed by atoms with van der Waals surface area (Å²) in [4.78, 5) is 24.4. The Morgan fingerprint density at radius 2 is 1.87 bits per heavy atom. The molecule has 1 heterocycles. The van der Waals surface area contributed by atoms with E-state index in [1.807, 2.05) is 37.3 Å². The standard InChI is InChI=1S/C29H30ClNO7/c1-18-14-23(36-16-19-8-5-4-6-9-19)28(21(26(18)30)17-37-24-10-7-13-31-24)38-22-12-11-20(15-32)27(34-2)25(22)29(33)35-3/h4-6,8-9,11-12,14-15,24,31H,7,10,13,16-17H2,1-3H3. The van der Waals surface area contributed by atoms with E-state index in [4.69, 9.17) is 35.3 Å². The van der Waals surface area contributed by atoms with Crippen molar-refractivity contribution in [2.24, 2.45) is 0 Å². The topological polar surface area (TPSA) is 92.3 Å². The minimum Gasteiger partial charge on any atom is -0.495 e. The van der Waals surface area contributed by atoms with Gasteiger partial charge in [0.2, 0.25) is 0 Å². The lowest BCUT2D eigenvalue weighted by Gasteiger charge is -2.22. The third kappa shape index (κ3) is 6.10. The van der Waals surface area contributed by atoms with Crippen LogP contribution in [0.2, 0.25) is 5.02 Å². The van der Waals surface area contributed by atoms with Gasteiger partial charge >= 0.3 is 5.97 Å². The summed E-state index contributed by atoms with van der Waals surface area (Å²) in [6.45, 7) is 3.18. The van der Waals surface area contributed by atoms with Crippen LogP contribution in [0.3, 0.4) is 0 Å². The summed E-state index contributed by atoms with van der Waals surface area (Å²) in [5.41, 5.74) is 2.46. The Morgan fingerprint density at radius 1 is 1.08 bits per heavy atom. The number of nitrogens with one attached hydrogen (secondary N) is 1. The first-order chi connectivity index (χ1) is 18.5. The highest BCUT2D eigenvalue weighted by molar-refractivity contribution is 6.32. The van der Waals surface area contributed by atoms with Crippen LogP contribution in [-0.2, 0) is 22.7 Å². The van der Waals surface area contributed by atoms with Crippen molar-refractivity contribution in [2.75, 3.05) is 20.8 Å². The fraction of sp³-hybridized carbons (Fsp3) is 0.310. The molecule has 0 bridgehead atoms. The van der Waals surface area contributed by atoms with Crippen LogP contribution in [0.15, 0.2) is 48.5 Å². The number of carbonyl (C=O) groups is 2. The van der Waals surface area contributed by atoms with Crippen LogP contribution in [0.5, 0.6) is 23.0 Å². The van der Waals surface area contributed by atoms with Crippen LogP contribution in [-0.4, -0.2) is 39.2 Å². The van der Waals surface area contributed by atoms with E-state index in [1.165, 1.54) is 26.4 Å². The second-order valence-corrected chi connectivity index (χ2v) is 9.13. The van der Waals surface area contributed by atoms with Crippen molar-refractivity contribution in [3.05, 3.63) is 81.4 Å². The van der Waals surface area contributed by atoms with Gasteiger partial charge in [-0.15, -0.1) is 0 Å². The average molecular weight is 540 g/mol. The number of halogens is 1. The highest BCUT2D eigenvalue weighted by atomic mass is 35.5. The van der Waals surface area contributed by atoms with Gasteiger partial charge in [-0.1, -0.05) is 41.9 Å². The van der Waals surface area contributed by atoms with E-state index >= 15 is 0 Å². The van der Waals surface area contributed by atoms with Crippen LogP contribution < -0.4 is 19.5 Å². The number of aryl methyl sites for hydroxylation is 1. The molecular formula is C29H30ClNO7. The zero-order valence-electron chi connectivity index (χ0n) is 21.5. The summed E-state index contributed by atoms with van der Waals surface area (Å²) in [7, 11) is 2.60. The molecule has 1 atom stereocenters. The molecule has 3 aromatic carbocycles. The first kappa shape index (κ1) is 27.4. The van der Waals surface area contributed by atoms with E-state index in [0.29, 0.717) is 28.4 Å². The third-order valence-corrected chi connectivity index (χ3v) is 6.75. The number of hydrogen-bond donors (Lipinski definition) is 1. The van der Waals surface area contributed by atoms with E-state index < -0.39 is 5.97 Å². The first-order valence-electron chi connectivity index (χ1n) is 12.2. The molecule has 38 heavy (non-hydrogen) atoms. The largest absolute Gasteiger partial charge is 0.495 e. The third-order valence-electron chi connectivity index (χ3n) is 6.22. The van der Waals surface area contributed by atoms with E-state index in [1.54, 1.807) is 6.07 Å². The number of aldehydes is 1. The van der Waals surface area contributed by atoms with E-state index in [-0.39, 0.29) is 42.1 Å². The lowest BCUT2D eigenvalue weighted by Crippen LogP contribution is -2.24. The monoisotopic (exact) mass is 539 g/mol. The van der Waals surface area contributed by atoms with Gasteiger partial charge in [0.1, 0.15) is 29.9 Å². The minimum atomic E-state index is -0.724. The van der Waals surface area contributed by atoms with Gasteiger partial charge < -0.3 is 23.7 Å². The van der Waals surface area contributed by atoms with Crippen LogP contribution >= 0.6 is 11.6 Å². The molecule has 0 aromatic heterocycles. The Kier molecular flexibility index (Phi) is 9.23. The van der Waals surface area contributed by atoms with Gasteiger partial charge in [-0.25, -0.2) is 4.79 Å². The minimum absolute atomic E-state index is 0.0327. The zero-order valence-corrected chi connectivity index (χ0v) is 22.3. The fourth-order valence-electron chi connectivity index (χ4n) is 4.26. The SMILES string of the molecule is COC(=O)c1c(Oc2c(OCc3ccccc3)cc(C)c(Cl)c2COC2CCCN2)ccc(C=O)c1OC. The number of methoxy groups -OCH3 is 2.